The number of fused-ring (bicyclic) bond motifs is 8. The second-order valence-electron chi connectivity index (χ2n) is 12.6. The minimum Gasteiger partial charge on any atom is -0.310 e. The van der Waals surface area contributed by atoms with Crippen molar-refractivity contribution >= 4 is 59.3 Å². The molecule has 0 unspecified atom stereocenters. The van der Waals surface area contributed by atoms with E-state index in [0.717, 1.165) is 17.1 Å². The molecule has 0 radical (unpaired) electrons. The number of thiophene rings is 1. The normalized spacial score (nSPS) is 13.3. The van der Waals surface area contributed by atoms with Gasteiger partial charge in [0.1, 0.15) is 0 Å². The maximum Gasteiger partial charge on any atom is 0.0540 e. The molecule has 0 N–H and O–H groups in total. The fourth-order valence-electron chi connectivity index (χ4n) is 7.44. The highest BCUT2D eigenvalue weighted by atomic mass is 32.1. The third-order valence-corrected chi connectivity index (χ3v) is 10.9. The summed E-state index contributed by atoms with van der Waals surface area (Å²) in [6.07, 6.45) is 0. The van der Waals surface area contributed by atoms with Crippen LogP contribution in [0.3, 0.4) is 0 Å². The lowest BCUT2D eigenvalue weighted by atomic mass is 9.82. The summed E-state index contributed by atoms with van der Waals surface area (Å²) in [5.41, 5.74) is 11.3. The van der Waals surface area contributed by atoms with Crippen LogP contribution in [0, 0.1) is 0 Å². The molecule has 1 aromatic heterocycles. The Kier molecular flexibility index (Phi) is 5.78. The van der Waals surface area contributed by atoms with Crippen molar-refractivity contribution in [2.24, 2.45) is 0 Å². The van der Waals surface area contributed by atoms with E-state index in [1.165, 1.54) is 64.3 Å². The maximum absolute atomic E-state index is 2.45. The topological polar surface area (TPSA) is 3.24 Å². The van der Waals surface area contributed by atoms with Gasteiger partial charge in [-0.3, -0.25) is 0 Å². The van der Waals surface area contributed by atoms with Crippen LogP contribution in [0.4, 0.5) is 17.1 Å². The van der Waals surface area contributed by atoms with Crippen LogP contribution in [0.2, 0.25) is 0 Å². The van der Waals surface area contributed by atoms with Crippen LogP contribution in [0.1, 0.15) is 25.0 Å². The van der Waals surface area contributed by atoms with Crippen molar-refractivity contribution in [3.05, 3.63) is 163 Å². The van der Waals surface area contributed by atoms with E-state index >= 15 is 0 Å². The molecule has 1 heterocycles. The predicted octanol–water partition coefficient (Wildman–Crippen LogP) is 12.7. The summed E-state index contributed by atoms with van der Waals surface area (Å²) >= 11 is 1.89. The van der Waals surface area contributed by atoms with E-state index in [1.54, 1.807) is 0 Å². The van der Waals surface area contributed by atoms with Crippen LogP contribution in [-0.2, 0) is 5.41 Å². The Morgan fingerprint density at radius 2 is 1.16 bits per heavy atom. The summed E-state index contributed by atoms with van der Waals surface area (Å²) < 4.78 is 2.69. The highest BCUT2D eigenvalue weighted by Gasteiger charge is 2.35. The van der Waals surface area contributed by atoms with E-state index in [1.807, 2.05) is 11.3 Å². The number of nitrogens with zero attached hydrogens (tertiary/aromatic N) is 1. The van der Waals surface area contributed by atoms with Gasteiger partial charge in [0.2, 0.25) is 0 Å². The molecule has 1 nitrogen and oxygen atoms in total. The molecule has 9 rings (SSSR count). The van der Waals surface area contributed by atoms with Gasteiger partial charge in [0.25, 0.3) is 0 Å². The quantitative estimate of drug-likeness (QED) is 0.196. The maximum atomic E-state index is 2.45. The molecule has 45 heavy (non-hydrogen) atoms. The van der Waals surface area contributed by atoms with Gasteiger partial charge in [0.05, 0.1) is 5.69 Å². The van der Waals surface area contributed by atoms with Gasteiger partial charge in [-0.05, 0) is 75.0 Å². The van der Waals surface area contributed by atoms with E-state index < -0.39 is 0 Å². The van der Waals surface area contributed by atoms with Crippen molar-refractivity contribution in [2.75, 3.05) is 4.90 Å². The summed E-state index contributed by atoms with van der Waals surface area (Å²) in [7, 11) is 0. The van der Waals surface area contributed by atoms with Gasteiger partial charge < -0.3 is 4.90 Å². The molecule has 1 aliphatic carbocycles. The van der Waals surface area contributed by atoms with Crippen LogP contribution in [0.25, 0.3) is 53.2 Å². The Labute approximate surface area is 267 Å². The smallest absolute Gasteiger partial charge is 0.0540 e. The first kappa shape index (κ1) is 26.2. The first-order valence-electron chi connectivity index (χ1n) is 15.6. The van der Waals surface area contributed by atoms with E-state index in [4.69, 9.17) is 0 Å². The Morgan fingerprint density at radius 3 is 2.04 bits per heavy atom. The van der Waals surface area contributed by atoms with E-state index in [9.17, 15) is 0 Å². The molecule has 0 atom stereocenters. The van der Waals surface area contributed by atoms with Crippen LogP contribution >= 0.6 is 11.3 Å². The zero-order chi connectivity index (χ0) is 30.1. The fourth-order valence-corrected chi connectivity index (χ4v) is 8.68. The molecule has 0 fully saturated rings. The summed E-state index contributed by atoms with van der Waals surface area (Å²) in [6, 6.07) is 55.8. The third-order valence-electron chi connectivity index (χ3n) is 9.66. The van der Waals surface area contributed by atoms with Crippen LogP contribution in [-0.4, -0.2) is 0 Å². The van der Waals surface area contributed by atoms with Gasteiger partial charge in [-0.15, -0.1) is 11.3 Å². The van der Waals surface area contributed by atoms with Crippen molar-refractivity contribution in [1.29, 1.82) is 0 Å². The average Bonchev–Trinajstić information content (AvgIpc) is 3.58. The molecule has 0 amide bonds. The molecule has 2 heteroatoms. The Balaban J connectivity index is 1.29. The van der Waals surface area contributed by atoms with E-state index in [2.05, 4.69) is 170 Å². The Morgan fingerprint density at radius 1 is 0.489 bits per heavy atom. The van der Waals surface area contributed by atoms with Crippen molar-refractivity contribution in [2.45, 2.75) is 19.3 Å². The largest absolute Gasteiger partial charge is 0.310 e. The van der Waals surface area contributed by atoms with Crippen LogP contribution in [0.15, 0.2) is 152 Å². The predicted molar refractivity (Wildman–Crippen MR) is 195 cm³/mol. The summed E-state index contributed by atoms with van der Waals surface area (Å²) in [4.78, 5) is 2.45. The molecule has 8 aromatic rings. The molecule has 214 valence electrons. The van der Waals surface area contributed by atoms with Crippen molar-refractivity contribution < 1.29 is 0 Å². The van der Waals surface area contributed by atoms with Gasteiger partial charge in [0.15, 0.2) is 0 Å². The Bertz CT molecular complexity index is 2410. The third kappa shape index (κ3) is 3.99. The van der Waals surface area contributed by atoms with E-state index in [0.29, 0.717) is 0 Å². The van der Waals surface area contributed by atoms with Gasteiger partial charge in [0, 0.05) is 42.5 Å². The van der Waals surface area contributed by atoms with Crippen molar-refractivity contribution in [3.8, 4) is 22.3 Å². The SMILES string of the molecule is CC1(C)c2ccccc2-c2cc(N(c3ccc4c(ccc5c6ccccc6sc45)c3)c3ccccc3-c3ccccc3)ccc21. The minimum atomic E-state index is -0.0319. The van der Waals surface area contributed by atoms with Gasteiger partial charge in [-0.2, -0.15) is 0 Å². The molecule has 1 aliphatic rings. The zero-order valence-corrected chi connectivity index (χ0v) is 26.1. The summed E-state index contributed by atoms with van der Waals surface area (Å²) in [6.45, 7) is 4.69. The van der Waals surface area contributed by atoms with Gasteiger partial charge in [-0.25, -0.2) is 0 Å². The first-order valence-corrected chi connectivity index (χ1v) is 16.4. The monoisotopic (exact) mass is 593 g/mol. The zero-order valence-electron chi connectivity index (χ0n) is 25.3. The number of anilines is 3. The molecule has 0 aliphatic heterocycles. The lowest BCUT2D eigenvalue weighted by Gasteiger charge is -2.29. The van der Waals surface area contributed by atoms with E-state index in [-0.39, 0.29) is 5.41 Å². The summed E-state index contributed by atoms with van der Waals surface area (Å²) in [5.74, 6) is 0. The highest BCUT2D eigenvalue weighted by Crippen LogP contribution is 2.51. The molecule has 0 bridgehead atoms. The minimum absolute atomic E-state index is 0.0319. The van der Waals surface area contributed by atoms with Gasteiger partial charge in [-0.1, -0.05) is 129 Å². The molecule has 7 aromatic carbocycles. The van der Waals surface area contributed by atoms with Crippen LogP contribution in [0.5, 0.6) is 0 Å². The Hall–Kier alpha value is -5.18. The standard InChI is InChI=1S/C43H31NS/c1-43(2)38-17-9-6-15-34(38)37-27-31(22-25-39(37)43)44(40-18-10-7-14-32(40)28-12-4-3-5-13-28)30-21-24-33-29(26-30)20-23-36-35-16-8-11-19-41(35)45-42(33)36/h3-27H,1-2H3. The first-order chi connectivity index (χ1) is 22.1. The summed E-state index contributed by atoms with van der Waals surface area (Å²) in [5, 5.41) is 5.23. The van der Waals surface area contributed by atoms with Gasteiger partial charge >= 0.3 is 0 Å². The number of benzene rings is 7. The molecule has 0 saturated carbocycles. The molecular formula is C43H31NS. The molecular weight excluding hydrogens is 563 g/mol. The second kappa shape index (κ2) is 9.92. The lowest BCUT2D eigenvalue weighted by molar-refractivity contribution is 0.660. The molecule has 0 saturated heterocycles. The van der Waals surface area contributed by atoms with Crippen molar-refractivity contribution in [3.63, 3.8) is 0 Å². The molecule has 0 spiro atoms. The fraction of sp³-hybridized carbons (Fsp3) is 0.0698. The van der Waals surface area contributed by atoms with Crippen molar-refractivity contribution in [1.82, 2.24) is 0 Å². The number of hydrogen-bond acceptors (Lipinski definition) is 2. The average molecular weight is 594 g/mol. The number of para-hydroxylation sites is 1. The number of hydrogen-bond donors (Lipinski definition) is 0. The lowest BCUT2D eigenvalue weighted by Crippen LogP contribution is -2.15. The van der Waals surface area contributed by atoms with Crippen LogP contribution < -0.4 is 4.90 Å². The number of rotatable bonds is 4. The second-order valence-corrected chi connectivity index (χ2v) is 13.6. The highest BCUT2D eigenvalue weighted by molar-refractivity contribution is 7.26.